The van der Waals surface area contributed by atoms with Gasteiger partial charge in [0.25, 0.3) is 0 Å². The summed E-state index contributed by atoms with van der Waals surface area (Å²) in [5, 5.41) is 2.65. The van der Waals surface area contributed by atoms with E-state index in [1.165, 1.54) is 10.6 Å². The smallest absolute Gasteiger partial charge is 0.242 e. The van der Waals surface area contributed by atoms with Gasteiger partial charge in [-0.15, -0.1) is 0 Å². The van der Waals surface area contributed by atoms with Crippen molar-refractivity contribution in [1.82, 2.24) is 10.2 Å². The van der Waals surface area contributed by atoms with Crippen molar-refractivity contribution in [3.63, 3.8) is 0 Å². The first-order valence-electron chi connectivity index (χ1n) is 11.7. The van der Waals surface area contributed by atoms with Gasteiger partial charge in [0.1, 0.15) is 6.04 Å². The molecule has 0 heterocycles. The predicted molar refractivity (Wildman–Crippen MR) is 137 cm³/mol. The highest BCUT2D eigenvalue weighted by Gasteiger charge is 2.27. The molecular weight excluding hydrogens is 450 g/mol. The Kier molecular flexibility index (Phi) is 10.1. The molecule has 0 aliphatic carbocycles. The molecule has 0 aliphatic heterocycles. The van der Waals surface area contributed by atoms with Crippen molar-refractivity contribution in [1.29, 1.82) is 0 Å². The number of nitrogens with zero attached hydrogens (tertiary/aromatic N) is 2. The Morgan fingerprint density at radius 3 is 2.24 bits per heavy atom. The highest BCUT2D eigenvalue weighted by atomic mass is 32.2. The number of carbonyl (C=O) groups is 2. The third-order valence-corrected chi connectivity index (χ3v) is 7.24. The fourth-order valence-corrected chi connectivity index (χ4v) is 4.90. The largest absolute Gasteiger partial charge is 0.357 e. The van der Waals surface area contributed by atoms with E-state index < -0.39 is 16.1 Å². The number of anilines is 1. The molecule has 1 N–H and O–H groups in total. The monoisotopic (exact) mass is 487 g/mol. The summed E-state index contributed by atoms with van der Waals surface area (Å²) in [4.78, 5) is 27.3. The number of carbonyl (C=O) groups excluding carboxylic acids is 2. The maximum atomic E-state index is 13.2. The SMILES string of the molecule is CCC(C(=O)NC)N(CCc1ccccc1)C(=O)CCCN(c1ccc(C)c(C)c1)S(C)(=O)=O. The lowest BCUT2D eigenvalue weighted by Gasteiger charge is -2.30. The molecule has 186 valence electrons. The Hall–Kier alpha value is -2.87. The minimum atomic E-state index is -3.51. The van der Waals surface area contributed by atoms with Crippen LogP contribution in [-0.2, 0) is 26.0 Å². The molecule has 0 saturated carbocycles. The van der Waals surface area contributed by atoms with Crippen LogP contribution in [0.25, 0.3) is 0 Å². The number of sulfonamides is 1. The highest BCUT2D eigenvalue weighted by Crippen LogP contribution is 2.22. The summed E-state index contributed by atoms with van der Waals surface area (Å²) in [7, 11) is -1.94. The average Bonchev–Trinajstić information content (AvgIpc) is 2.80. The Bertz CT molecular complexity index is 1070. The number of rotatable bonds is 12. The first-order chi connectivity index (χ1) is 16.1. The fourth-order valence-electron chi connectivity index (χ4n) is 3.95. The van der Waals surface area contributed by atoms with Gasteiger partial charge < -0.3 is 10.2 Å². The second-order valence-corrected chi connectivity index (χ2v) is 10.5. The Labute approximate surface area is 204 Å². The van der Waals surface area contributed by atoms with Gasteiger partial charge in [0.15, 0.2) is 0 Å². The molecule has 0 aliphatic rings. The van der Waals surface area contributed by atoms with Crippen LogP contribution in [0.2, 0.25) is 0 Å². The van der Waals surface area contributed by atoms with Gasteiger partial charge in [-0.3, -0.25) is 13.9 Å². The normalized spacial score (nSPS) is 12.1. The molecule has 0 fully saturated rings. The van der Waals surface area contributed by atoms with Gasteiger partial charge in [-0.05, 0) is 61.9 Å². The van der Waals surface area contributed by atoms with Crippen LogP contribution in [0.5, 0.6) is 0 Å². The molecule has 0 aromatic heterocycles. The molecule has 0 spiro atoms. The van der Waals surface area contributed by atoms with Gasteiger partial charge in [-0.2, -0.15) is 0 Å². The van der Waals surface area contributed by atoms with Gasteiger partial charge >= 0.3 is 0 Å². The van der Waals surface area contributed by atoms with E-state index in [-0.39, 0.29) is 24.8 Å². The Morgan fingerprint density at radius 1 is 1.00 bits per heavy atom. The number of amides is 2. The van der Waals surface area contributed by atoms with E-state index in [9.17, 15) is 18.0 Å². The lowest BCUT2D eigenvalue weighted by molar-refractivity contribution is -0.140. The van der Waals surface area contributed by atoms with Gasteiger partial charge in [0.2, 0.25) is 21.8 Å². The number of hydrogen-bond acceptors (Lipinski definition) is 4. The zero-order valence-corrected chi connectivity index (χ0v) is 21.7. The molecule has 1 unspecified atom stereocenters. The average molecular weight is 488 g/mol. The molecular formula is C26H37N3O4S. The standard InChI is InChI=1S/C26H37N3O4S/c1-6-24(26(31)27-4)28(18-16-22-11-8-7-9-12-22)25(30)13-10-17-29(34(5,32)33)23-15-14-20(2)21(3)19-23/h7-9,11-12,14-15,19,24H,6,10,13,16-18H2,1-5H3,(H,27,31). The number of nitrogens with one attached hydrogen (secondary N) is 1. The van der Waals surface area contributed by atoms with E-state index in [2.05, 4.69) is 5.32 Å². The van der Waals surface area contributed by atoms with Crippen LogP contribution < -0.4 is 9.62 Å². The summed E-state index contributed by atoms with van der Waals surface area (Å²) in [6.45, 7) is 6.41. The Morgan fingerprint density at radius 2 is 1.68 bits per heavy atom. The lowest BCUT2D eigenvalue weighted by atomic mass is 10.1. The van der Waals surface area contributed by atoms with Crippen molar-refractivity contribution in [3.05, 3.63) is 65.2 Å². The summed E-state index contributed by atoms with van der Waals surface area (Å²) in [5.74, 6) is -0.350. The van der Waals surface area contributed by atoms with Crippen LogP contribution in [0, 0.1) is 13.8 Å². The van der Waals surface area contributed by atoms with Crippen LogP contribution in [-0.4, -0.2) is 57.6 Å². The van der Waals surface area contributed by atoms with Crippen LogP contribution in [0.3, 0.4) is 0 Å². The number of hydrogen-bond donors (Lipinski definition) is 1. The molecule has 0 bridgehead atoms. The maximum Gasteiger partial charge on any atom is 0.242 e. The second-order valence-electron chi connectivity index (χ2n) is 8.57. The molecule has 8 heteroatoms. The van der Waals surface area contributed by atoms with Crippen molar-refractivity contribution >= 4 is 27.5 Å². The number of benzene rings is 2. The van der Waals surface area contributed by atoms with Gasteiger partial charge in [-0.1, -0.05) is 43.3 Å². The third-order valence-electron chi connectivity index (χ3n) is 6.05. The molecule has 0 radical (unpaired) electrons. The first kappa shape index (κ1) is 27.4. The lowest BCUT2D eigenvalue weighted by Crippen LogP contribution is -2.49. The van der Waals surface area contributed by atoms with E-state index in [0.717, 1.165) is 16.7 Å². The predicted octanol–water partition coefficient (Wildman–Crippen LogP) is 3.45. The van der Waals surface area contributed by atoms with Crippen molar-refractivity contribution in [2.45, 2.75) is 52.5 Å². The second kappa shape index (κ2) is 12.6. The van der Waals surface area contributed by atoms with Crippen molar-refractivity contribution in [2.75, 3.05) is 30.7 Å². The molecule has 2 amide bonds. The summed E-state index contributed by atoms with van der Waals surface area (Å²) >= 11 is 0. The summed E-state index contributed by atoms with van der Waals surface area (Å²) < 4.78 is 26.3. The van der Waals surface area contributed by atoms with Gasteiger partial charge in [0.05, 0.1) is 11.9 Å². The van der Waals surface area contributed by atoms with Crippen LogP contribution in [0.15, 0.2) is 48.5 Å². The summed E-state index contributed by atoms with van der Waals surface area (Å²) in [5.41, 5.74) is 3.77. The van der Waals surface area contributed by atoms with Gasteiger partial charge in [-0.25, -0.2) is 8.42 Å². The van der Waals surface area contributed by atoms with E-state index in [4.69, 9.17) is 0 Å². The fraction of sp³-hybridized carbons (Fsp3) is 0.462. The van der Waals surface area contributed by atoms with Crippen molar-refractivity contribution < 1.29 is 18.0 Å². The minimum absolute atomic E-state index is 0.152. The van der Waals surface area contributed by atoms with Crippen LogP contribution >= 0.6 is 0 Å². The molecule has 34 heavy (non-hydrogen) atoms. The van der Waals surface area contributed by atoms with E-state index in [1.807, 2.05) is 63.2 Å². The van der Waals surface area contributed by atoms with Crippen LogP contribution in [0.1, 0.15) is 42.9 Å². The van der Waals surface area contributed by atoms with Crippen LogP contribution in [0.4, 0.5) is 5.69 Å². The van der Waals surface area contributed by atoms with Gasteiger partial charge in [0, 0.05) is 26.6 Å². The quantitative estimate of drug-likeness (QED) is 0.497. The van der Waals surface area contributed by atoms with E-state index in [0.29, 0.717) is 31.5 Å². The minimum Gasteiger partial charge on any atom is -0.357 e. The van der Waals surface area contributed by atoms with E-state index >= 15 is 0 Å². The number of aryl methyl sites for hydroxylation is 2. The third kappa shape index (κ3) is 7.58. The maximum absolute atomic E-state index is 13.2. The molecule has 2 rings (SSSR count). The zero-order valence-electron chi connectivity index (χ0n) is 20.9. The Balaban J connectivity index is 2.14. The zero-order chi connectivity index (χ0) is 25.3. The number of likely N-dealkylation sites (N-methyl/N-ethyl adjacent to an activating group) is 1. The van der Waals surface area contributed by atoms with Crippen molar-refractivity contribution in [2.24, 2.45) is 0 Å². The summed E-state index contributed by atoms with van der Waals surface area (Å²) in [6.07, 6.45) is 2.81. The van der Waals surface area contributed by atoms with Crippen molar-refractivity contribution in [3.8, 4) is 0 Å². The first-order valence-corrected chi connectivity index (χ1v) is 13.5. The summed E-state index contributed by atoms with van der Waals surface area (Å²) in [6, 6.07) is 14.8. The molecule has 2 aromatic carbocycles. The highest BCUT2D eigenvalue weighted by molar-refractivity contribution is 7.92. The van der Waals surface area contributed by atoms with E-state index in [1.54, 1.807) is 18.0 Å². The topological polar surface area (TPSA) is 86.8 Å². The molecule has 1 atom stereocenters. The molecule has 2 aromatic rings. The molecule has 0 saturated heterocycles. The molecule has 7 nitrogen and oxygen atoms in total.